The number of nitrogen functional groups attached to an aromatic ring is 1. The number of benzene rings is 1. The van der Waals surface area contributed by atoms with E-state index in [2.05, 4.69) is 18.7 Å². The lowest BCUT2D eigenvalue weighted by Crippen LogP contribution is -2.38. The smallest absolute Gasteiger partial charge is 0.269 e. The number of nitro groups is 1. The van der Waals surface area contributed by atoms with Crippen molar-refractivity contribution >= 4 is 38.7 Å². The quantitative estimate of drug-likeness (QED) is 0.461. The zero-order chi connectivity index (χ0) is 22.4. The summed E-state index contributed by atoms with van der Waals surface area (Å²) in [6.45, 7) is 7.85. The zero-order valence-corrected chi connectivity index (χ0v) is 19.0. The molecular weight excluding hydrogens is 428 g/mol. The molecule has 1 aromatic carbocycles. The standard InChI is InChI=1S/C23H26N4O4S/c1-13(2)18-11-16-17(12-31-18)22(26-7-9-30-10-8-26)25-23-19(16)20(24)21(32-23)14-3-5-15(6-4-14)27(28)29/h3-6,13,18H,7-12,24H2,1-2H3. The second kappa shape index (κ2) is 8.31. The van der Waals surface area contributed by atoms with Crippen molar-refractivity contribution in [3.8, 4) is 10.4 Å². The molecular formula is C23H26N4O4S. The number of morpholine rings is 1. The molecule has 0 bridgehead atoms. The average molecular weight is 455 g/mol. The van der Waals surface area contributed by atoms with E-state index in [0.29, 0.717) is 31.4 Å². The molecule has 0 saturated carbocycles. The minimum absolute atomic E-state index is 0.0652. The third-order valence-electron chi connectivity index (χ3n) is 6.31. The van der Waals surface area contributed by atoms with Gasteiger partial charge in [0.2, 0.25) is 0 Å². The fraction of sp³-hybridized carbons (Fsp3) is 0.435. The Morgan fingerprint density at radius 3 is 2.59 bits per heavy atom. The summed E-state index contributed by atoms with van der Waals surface area (Å²) in [4.78, 5) is 19.8. The molecule has 168 valence electrons. The van der Waals surface area contributed by atoms with Gasteiger partial charge in [-0.2, -0.15) is 0 Å². The summed E-state index contributed by atoms with van der Waals surface area (Å²) >= 11 is 1.55. The second-order valence-electron chi connectivity index (χ2n) is 8.62. The van der Waals surface area contributed by atoms with Crippen molar-refractivity contribution in [1.29, 1.82) is 0 Å². The van der Waals surface area contributed by atoms with Crippen LogP contribution in [0.15, 0.2) is 24.3 Å². The van der Waals surface area contributed by atoms with E-state index in [9.17, 15) is 10.1 Å². The minimum atomic E-state index is -0.392. The maximum atomic E-state index is 11.0. The Labute approximate surface area is 190 Å². The third kappa shape index (κ3) is 3.60. The van der Waals surface area contributed by atoms with Gasteiger partial charge < -0.3 is 20.1 Å². The fourth-order valence-corrected chi connectivity index (χ4v) is 5.62. The Hall–Kier alpha value is -2.75. The lowest BCUT2D eigenvalue weighted by Gasteiger charge is -2.34. The van der Waals surface area contributed by atoms with Crippen LogP contribution >= 0.6 is 11.3 Å². The van der Waals surface area contributed by atoms with Crippen LogP contribution in [-0.4, -0.2) is 42.3 Å². The highest BCUT2D eigenvalue weighted by atomic mass is 32.1. The van der Waals surface area contributed by atoms with Crippen LogP contribution in [0.5, 0.6) is 0 Å². The lowest BCUT2D eigenvalue weighted by molar-refractivity contribution is -0.384. The number of hydrogen-bond donors (Lipinski definition) is 1. The molecule has 0 spiro atoms. The highest BCUT2D eigenvalue weighted by Gasteiger charge is 2.31. The number of nitro benzene ring substituents is 1. The molecule has 9 heteroatoms. The van der Waals surface area contributed by atoms with Crippen molar-refractivity contribution in [2.75, 3.05) is 36.9 Å². The van der Waals surface area contributed by atoms with Gasteiger partial charge in [-0.25, -0.2) is 4.98 Å². The third-order valence-corrected chi connectivity index (χ3v) is 7.46. The predicted molar refractivity (Wildman–Crippen MR) is 126 cm³/mol. The summed E-state index contributed by atoms with van der Waals surface area (Å²) in [6.07, 6.45) is 0.928. The average Bonchev–Trinajstić information content (AvgIpc) is 3.15. The number of aromatic nitrogens is 1. The first-order chi connectivity index (χ1) is 15.4. The number of ether oxygens (including phenoxy) is 2. The Balaban J connectivity index is 1.67. The SMILES string of the molecule is CC(C)C1Cc2c(c(N3CCOCC3)nc3sc(-c4ccc([N+](=O)[O-])cc4)c(N)c23)CO1. The van der Waals surface area contributed by atoms with Gasteiger partial charge in [0.15, 0.2) is 0 Å². The van der Waals surface area contributed by atoms with Crippen molar-refractivity contribution < 1.29 is 14.4 Å². The summed E-state index contributed by atoms with van der Waals surface area (Å²) in [5.74, 6) is 1.36. The van der Waals surface area contributed by atoms with Gasteiger partial charge in [-0.05, 0) is 29.2 Å². The molecule has 0 amide bonds. The van der Waals surface area contributed by atoms with Crippen LogP contribution in [0.2, 0.25) is 0 Å². The van der Waals surface area contributed by atoms with Gasteiger partial charge in [0.25, 0.3) is 5.69 Å². The van der Waals surface area contributed by atoms with Crippen LogP contribution < -0.4 is 10.6 Å². The first-order valence-electron chi connectivity index (χ1n) is 10.9. The summed E-state index contributed by atoms with van der Waals surface area (Å²) in [7, 11) is 0. The van der Waals surface area contributed by atoms with Crippen molar-refractivity contribution in [3.63, 3.8) is 0 Å². The van der Waals surface area contributed by atoms with Crippen LogP contribution in [0.25, 0.3) is 20.7 Å². The first kappa shape index (κ1) is 21.1. The number of thiophene rings is 1. The van der Waals surface area contributed by atoms with Crippen LogP contribution in [0, 0.1) is 16.0 Å². The molecule has 5 rings (SSSR count). The summed E-state index contributed by atoms with van der Waals surface area (Å²) < 4.78 is 11.8. The van der Waals surface area contributed by atoms with Crippen LogP contribution in [0.3, 0.4) is 0 Å². The molecule has 32 heavy (non-hydrogen) atoms. The molecule has 0 aliphatic carbocycles. The maximum Gasteiger partial charge on any atom is 0.269 e. The van der Waals surface area contributed by atoms with E-state index in [1.54, 1.807) is 23.5 Å². The number of rotatable bonds is 4. The minimum Gasteiger partial charge on any atom is -0.397 e. The molecule has 1 unspecified atom stereocenters. The number of nitrogens with two attached hydrogens (primary N) is 1. The van der Waals surface area contributed by atoms with Gasteiger partial charge in [-0.3, -0.25) is 10.1 Å². The van der Waals surface area contributed by atoms with Gasteiger partial charge in [-0.15, -0.1) is 11.3 Å². The molecule has 2 aliphatic rings. The summed E-state index contributed by atoms with van der Waals surface area (Å²) in [5, 5.41) is 12.0. The van der Waals surface area contributed by atoms with E-state index in [1.807, 2.05) is 0 Å². The second-order valence-corrected chi connectivity index (χ2v) is 9.62. The van der Waals surface area contributed by atoms with Gasteiger partial charge in [-0.1, -0.05) is 13.8 Å². The summed E-state index contributed by atoms with van der Waals surface area (Å²) in [6, 6.07) is 6.55. The summed E-state index contributed by atoms with van der Waals surface area (Å²) in [5.41, 5.74) is 10.7. The Morgan fingerprint density at radius 2 is 1.94 bits per heavy atom. The van der Waals surface area contributed by atoms with Crippen LogP contribution in [0.1, 0.15) is 25.0 Å². The highest BCUT2D eigenvalue weighted by Crippen LogP contribution is 2.46. The monoisotopic (exact) mass is 454 g/mol. The number of hydrogen-bond acceptors (Lipinski definition) is 8. The van der Waals surface area contributed by atoms with Crippen molar-refractivity contribution in [3.05, 3.63) is 45.5 Å². The fourth-order valence-electron chi connectivity index (χ4n) is 4.49. The number of anilines is 2. The number of fused-ring (bicyclic) bond motifs is 3. The van der Waals surface area contributed by atoms with E-state index in [4.69, 9.17) is 20.2 Å². The molecule has 2 aromatic heterocycles. The number of non-ortho nitro benzene ring substituents is 1. The van der Waals surface area contributed by atoms with Crippen molar-refractivity contribution in [2.45, 2.75) is 33.0 Å². The van der Waals surface area contributed by atoms with Gasteiger partial charge in [0, 0.05) is 42.6 Å². The molecule has 1 fully saturated rings. The van der Waals surface area contributed by atoms with E-state index in [1.165, 1.54) is 17.7 Å². The molecule has 1 atom stereocenters. The molecule has 3 aromatic rings. The highest BCUT2D eigenvalue weighted by molar-refractivity contribution is 7.22. The van der Waals surface area contributed by atoms with Crippen molar-refractivity contribution in [2.24, 2.45) is 5.92 Å². The molecule has 0 radical (unpaired) electrons. The van der Waals surface area contributed by atoms with E-state index >= 15 is 0 Å². The van der Waals surface area contributed by atoms with Crippen LogP contribution in [0.4, 0.5) is 17.2 Å². The van der Waals surface area contributed by atoms with E-state index < -0.39 is 4.92 Å². The lowest BCUT2D eigenvalue weighted by atomic mass is 9.91. The van der Waals surface area contributed by atoms with Gasteiger partial charge in [0.1, 0.15) is 10.6 Å². The largest absolute Gasteiger partial charge is 0.397 e. The topological polar surface area (TPSA) is 104 Å². The molecule has 1 saturated heterocycles. The van der Waals surface area contributed by atoms with E-state index in [0.717, 1.165) is 51.5 Å². The Morgan fingerprint density at radius 1 is 1.22 bits per heavy atom. The molecule has 2 aliphatic heterocycles. The Bertz CT molecular complexity index is 1170. The molecule has 2 N–H and O–H groups in total. The zero-order valence-electron chi connectivity index (χ0n) is 18.2. The number of pyridine rings is 1. The molecule has 4 heterocycles. The predicted octanol–water partition coefficient (Wildman–Crippen LogP) is 4.39. The number of nitrogens with zero attached hydrogens (tertiary/aromatic N) is 3. The van der Waals surface area contributed by atoms with Gasteiger partial charge >= 0.3 is 0 Å². The van der Waals surface area contributed by atoms with Crippen LogP contribution in [-0.2, 0) is 22.5 Å². The first-order valence-corrected chi connectivity index (χ1v) is 11.7. The van der Waals surface area contributed by atoms with Crippen molar-refractivity contribution in [1.82, 2.24) is 4.98 Å². The normalized spacial score (nSPS) is 18.8. The maximum absolute atomic E-state index is 11.0. The molecule has 8 nitrogen and oxygen atoms in total. The van der Waals surface area contributed by atoms with Gasteiger partial charge in [0.05, 0.1) is 41.4 Å². The Kier molecular flexibility index (Phi) is 5.48. The van der Waals surface area contributed by atoms with E-state index in [-0.39, 0.29) is 11.8 Å².